The van der Waals surface area contributed by atoms with E-state index >= 15 is 0 Å². The first-order valence-corrected chi connectivity index (χ1v) is 4.01. The molecule has 0 radical (unpaired) electrons. The Labute approximate surface area is 82.5 Å². The lowest BCUT2D eigenvalue weighted by atomic mass is 10.1. The van der Waals surface area contributed by atoms with Crippen LogP contribution < -0.4 is 0 Å². The van der Waals surface area contributed by atoms with Gasteiger partial charge in [0.05, 0.1) is 11.1 Å². The first-order valence-electron chi connectivity index (χ1n) is 4.01. The third kappa shape index (κ3) is 1.54. The molecule has 0 aliphatic rings. The number of nitrogens with zero attached hydrogens (tertiary/aromatic N) is 1. The van der Waals surface area contributed by atoms with Crippen molar-refractivity contribution in [2.24, 2.45) is 0 Å². The Morgan fingerprint density at radius 1 is 1.27 bits per heavy atom. The van der Waals surface area contributed by atoms with E-state index in [1.165, 1.54) is 6.07 Å². The predicted molar refractivity (Wildman–Crippen MR) is 45.9 cm³/mol. The van der Waals surface area contributed by atoms with Crippen LogP contribution in [0.25, 0.3) is 11.0 Å². The molecule has 0 aliphatic heterocycles. The zero-order chi connectivity index (χ0) is 11.1. The minimum absolute atomic E-state index is 0.0707. The van der Waals surface area contributed by atoms with Crippen molar-refractivity contribution >= 4 is 11.0 Å². The highest BCUT2D eigenvalue weighted by molar-refractivity contribution is 5.84. The molecule has 76 valence electrons. The average molecular weight is 211 g/mol. The van der Waals surface area contributed by atoms with E-state index in [0.29, 0.717) is 5.39 Å². The van der Waals surface area contributed by atoms with Gasteiger partial charge in [-0.2, -0.15) is 18.4 Å². The van der Waals surface area contributed by atoms with Gasteiger partial charge in [0.1, 0.15) is 17.9 Å². The molecule has 0 bridgehead atoms. The van der Waals surface area contributed by atoms with Crippen LogP contribution in [0.2, 0.25) is 0 Å². The smallest absolute Gasteiger partial charge is 0.416 e. The molecule has 1 aromatic heterocycles. The number of fused-ring (bicyclic) bond motifs is 1. The molecule has 2 nitrogen and oxygen atoms in total. The second-order valence-corrected chi connectivity index (χ2v) is 2.97. The molecule has 0 amide bonds. The lowest BCUT2D eigenvalue weighted by Crippen LogP contribution is -2.03. The molecule has 0 spiro atoms. The Morgan fingerprint density at radius 3 is 2.60 bits per heavy atom. The molecule has 0 atom stereocenters. The van der Waals surface area contributed by atoms with Crippen LogP contribution in [0.15, 0.2) is 28.9 Å². The Morgan fingerprint density at radius 2 is 2.00 bits per heavy atom. The van der Waals surface area contributed by atoms with Crippen LogP contribution in [-0.4, -0.2) is 0 Å². The maximum atomic E-state index is 12.3. The number of alkyl halides is 3. The number of furan rings is 1. The van der Waals surface area contributed by atoms with Crippen LogP contribution in [0.1, 0.15) is 11.1 Å². The molecule has 2 aromatic rings. The van der Waals surface area contributed by atoms with Crippen LogP contribution in [0, 0.1) is 11.3 Å². The summed E-state index contributed by atoms with van der Waals surface area (Å²) in [4.78, 5) is 0. The maximum absolute atomic E-state index is 12.3. The second-order valence-electron chi connectivity index (χ2n) is 2.97. The molecular formula is C10H4F3NO. The van der Waals surface area contributed by atoms with Gasteiger partial charge >= 0.3 is 6.18 Å². The fourth-order valence-electron chi connectivity index (χ4n) is 1.29. The topological polar surface area (TPSA) is 36.9 Å². The molecule has 0 saturated heterocycles. The van der Waals surface area contributed by atoms with E-state index < -0.39 is 11.7 Å². The van der Waals surface area contributed by atoms with Gasteiger partial charge in [-0.3, -0.25) is 0 Å². The standard InChI is InChI=1S/C10H4F3NO/c11-10(12,13)7-1-2-8-6(4-14)5-15-9(8)3-7/h1-3,5H. The Kier molecular flexibility index (Phi) is 1.93. The van der Waals surface area contributed by atoms with E-state index in [1.54, 1.807) is 0 Å². The summed E-state index contributed by atoms with van der Waals surface area (Å²) in [6.45, 7) is 0. The van der Waals surface area contributed by atoms with Crippen molar-refractivity contribution in [2.45, 2.75) is 6.18 Å². The number of hydrogen-bond donors (Lipinski definition) is 0. The van der Waals surface area contributed by atoms with Crippen molar-refractivity contribution in [3.8, 4) is 6.07 Å². The van der Waals surface area contributed by atoms with E-state index in [0.717, 1.165) is 18.4 Å². The number of rotatable bonds is 0. The van der Waals surface area contributed by atoms with Crippen LogP contribution in [0.5, 0.6) is 0 Å². The van der Waals surface area contributed by atoms with E-state index in [9.17, 15) is 13.2 Å². The molecule has 5 heteroatoms. The van der Waals surface area contributed by atoms with Crippen LogP contribution in [0.3, 0.4) is 0 Å². The Balaban J connectivity index is 2.65. The van der Waals surface area contributed by atoms with E-state index in [-0.39, 0.29) is 11.1 Å². The van der Waals surface area contributed by atoms with Gasteiger partial charge in [-0.25, -0.2) is 0 Å². The molecule has 0 saturated carbocycles. The Hall–Kier alpha value is -1.96. The van der Waals surface area contributed by atoms with E-state index in [2.05, 4.69) is 0 Å². The molecule has 1 heterocycles. The van der Waals surface area contributed by atoms with Gasteiger partial charge < -0.3 is 4.42 Å². The molecule has 0 fully saturated rings. The third-order valence-corrected chi connectivity index (χ3v) is 2.02. The summed E-state index contributed by atoms with van der Waals surface area (Å²) in [5.41, 5.74) is -0.478. The molecule has 15 heavy (non-hydrogen) atoms. The van der Waals surface area contributed by atoms with E-state index in [1.807, 2.05) is 6.07 Å². The zero-order valence-corrected chi connectivity index (χ0v) is 7.30. The minimum atomic E-state index is -4.40. The lowest BCUT2D eigenvalue weighted by Gasteiger charge is -2.05. The van der Waals surface area contributed by atoms with Crippen molar-refractivity contribution in [3.05, 3.63) is 35.6 Å². The normalized spacial score (nSPS) is 11.6. The molecule has 1 aromatic carbocycles. The summed E-state index contributed by atoms with van der Waals surface area (Å²) in [6.07, 6.45) is -3.25. The van der Waals surface area contributed by atoms with Crippen molar-refractivity contribution in [2.75, 3.05) is 0 Å². The average Bonchev–Trinajstić information content (AvgIpc) is 2.58. The lowest BCUT2D eigenvalue weighted by molar-refractivity contribution is -0.137. The van der Waals surface area contributed by atoms with Gasteiger partial charge in [-0.15, -0.1) is 0 Å². The molecule has 0 aliphatic carbocycles. The monoisotopic (exact) mass is 211 g/mol. The summed E-state index contributed by atoms with van der Waals surface area (Å²) >= 11 is 0. The third-order valence-electron chi connectivity index (χ3n) is 2.02. The van der Waals surface area contributed by atoms with Crippen molar-refractivity contribution in [1.82, 2.24) is 0 Å². The number of hydrogen-bond acceptors (Lipinski definition) is 2. The fraction of sp³-hybridized carbons (Fsp3) is 0.100. The highest BCUT2D eigenvalue weighted by Gasteiger charge is 2.30. The largest absolute Gasteiger partial charge is 0.463 e. The van der Waals surface area contributed by atoms with Gasteiger partial charge in [0, 0.05) is 5.39 Å². The first-order chi connectivity index (χ1) is 7.02. The maximum Gasteiger partial charge on any atom is 0.416 e. The van der Waals surface area contributed by atoms with Crippen LogP contribution >= 0.6 is 0 Å². The summed E-state index contributed by atoms with van der Waals surface area (Å²) in [5, 5.41) is 9.02. The fourth-order valence-corrected chi connectivity index (χ4v) is 1.29. The molecule has 0 unspecified atom stereocenters. The highest BCUT2D eigenvalue weighted by Crippen LogP contribution is 2.32. The van der Waals surface area contributed by atoms with Gasteiger partial charge in [-0.05, 0) is 18.2 Å². The van der Waals surface area contributed by atoms with Crippen molar-refractivity contribution in [1.29, 1.82) is 5.26 Å². The number of nitriles is 1. The quantitative estimate of drug-likeness (QED) is 0.670. The second kappa shape index (κ2) is 3.02. The molecule has 2 rings (SSSR count). The van der Waals surface area contributed by atoms with Crippen LogP contribution in [-0.2, 0) is 6.18 Å². The van der Waals surface area contributed by atoms with Gasteiger partial charge in [0.2, 0.25) is 0 Å². The van der Waals surface area contributed by atoms with Gasteiger partial charge in [0.15, 0.2) is 0 Å². The SMILES string of the molecule is N#Cc1coc2cc(C(F)(F)F)ccc12. The minimum Gasteiger partial charge on any atom is -0.463 e. The van der Waals surface area contributed by atoms with Crippen molar-refractivity contribution in [3.63, 3.8) is 0 Å². The zero-order valence-electron chi connectivity index (χ0n) is 7.30. The first kappa shape index (κ1) is 9.59. The molecule has 0 N–H and O–H groups in total. The summed E-state index contributed by atoms with van der Waals surface area (Å²) in [5.74, 6) is 0. The van der Waals surface area contributed by atoms with Crippen LogP contribution in [0.4, 0.5) is 13.2 Å². The summed E-state index contributed by atoms with van der Waals surface area (Å²) < 4.78 is 41.7. The number of halogens is 3. The number of benzene rings is 1. The van der Waals surface area contributed by atoms with Gasteiger partial charge in [0.25, 0.3) is 0 Å². The van der Waals surface area contributed by atoms with Crippen molar-refractivity contribution < 1.29 is 17.6 Å². The van der Waals surface area contributed by atoms with Gasteiger partial charge in [-0.1, -0.05) is 0 Å². The predicted octanol–water partition coefficient (Wildman–Crippen LogP) is 3.32. The molecular weight excluding hydrogens is 207 g/mol. The highest BCUT2D eigenvalue weighted by atomic mass is 19.4. The summed E-state index contributed by atoms with van der Waals surface area (Å²) in [7, 11) is 0. The Bertz CT molecular complexity index is 548. The summed E-state index contributed by atoms with van der Waals surface area (Å²) in [6, 6.07) is 4.88. The van der Waals surface area contributed by atoms with E-state index in [4.69, 9.17) is 9.68 Å².